The van der Waals surface area contributed by atoms with E-state index < -0.39 is 0 Å². The van der Waals surface area contributed by atoms with E-state index in [0.29, 0.717) is 0 Å². The van der Waals surface area contributed by atoms with Gasteiger partial charge in [-0.1, -0.05) is 36.4 Å². The summed E-state index contributed by atoms with van der Waals surface area (Å²) in [5.41, 5.74) is 6.36. The number of morpholine rings is 1. The van der Waals surface area contributed by atoms with E-state index in [-0.39, 0.29) is 0 Å². The summed E-state index contributed by atoms with van der Waals surface area (Å²) in [6.07, 6.45) is 1.00. The van der Waals surface area contributed by atoms with E-state index >= 15 is 0 Å². The van der Waals surface area contributed by atoms with Crippen molar-refractivity contribution in [3.05, 3.63) is 53.1 Å². The molecule has 0 radical (unpaired) electrons. The van der Waals surface area contributed by atoms with E-state index in [1.165, 1.54) is 27.8 Å². The van der Waals surface area contributed by atoms with E-state index in [2.05, 4.69) is 55.1 Å². The number of rotatable bonds is 5. The first-order chi connectivity index (χ1) is 11.7. The molecule has 1 aliphatic rings. The number of hydrogen-bond acceptors (Lipinski definition) is 3. The van der Waals surface area contributed by atoms with E-state index in [4.69, 9.17) is 9.47 Å². The molecular formula is C21H27NO2. The number of ether oxygens (including phenoxy) is 2. The molecule has 0 bridgehead atoms. The van der Waals surface area contributed by atoms with Gasteiger partial charge in [0.25, 0.3) is 0 Å². The average Bonchev–Trinajstić information content (AvgIpc) is 2.61. The van der Waals surface area contributed by atoms with Crippen LogP contribution in [0.25, 0.3) is 11.1 Å². The van der Waals surface area contributed by atoms with E-state index in [9.17, 15) is 0 Å². The summed E-state index contributed by atoms with van der Waals surface area (Å²) >= 11 is 0. The Labute approximate surface area is 145 Å². The van der Waals surface area contributed by atoms with Gasteiger partial charge in [0, 0.05) is 25.2 Å². The third-order valence-electron chi connectivity index (χ3n) is 4.85. The van der Waals surface area contributed by atoms with Crippen LogP contribution < -0.4 is 4.74 Å². The Kier molecular flexibility index (Phi) is 5.54. The largest absolute Gasteiger partial charge is 0.496 e. The molecule has 0 aromatic heterocycles. The highest BCUT2D eigenvalue weighted by molar-refractivity contribution is 5.77. The lowest BCUT2D eigenvalue weighted by Crippen LogP contribution is -2.37. The van der Waals surface area contributed by atoms with Crippen LogP contribution in [0.15, 0.2) is 36.4 Å². The van der Waals surface area contributed by atoms with Crippen LogP contribution in [0, 0.1) is 13.8 Å². The van der Waals surface area contributed by atoms with Gasteiger partial charge >= 0.3 is 0 Å². The van der Waals surface area contributed by atoms with Crippen LogP contribution in [-0.4, -0.2) is 44.9 Å². The number of nitrogens with zero attached hydrogens (tertiary/aromatic N) is 1. The molecule has 3 rings (SSSR count). The van der Waals surface area contributed by atoms with Crippen LogP contribution in [0.4, 0.5) is 0 Å². The Bertz CT molecular complexity index is 670. The second-order valence-corrected chi connectivity index (χ2v) is 6.47. The van der Waals surface area contributed by atoms with E-state index in [0.717, 1.165) is 45.0 Å². The summed E-state index contributed by atoms with van der Waals surface area (Å²) in [6, 6.07) is 13.0. The van der Waals surface area contributed by atoms with Crippen molar-refractivity contribution in [2.24, 2.45) is 0 Å². The molecule has 1 aliphatic heterocycles. The maximum Gasteiger partial charge on any atom is 0.129 e. The lowest BCUT2D eigenvalue weighted by Gasteiger charge is -2.27. The molecule has 0 spiro atoms. The number of para-hydroxylation sites is 1. The summed E-state index contributed by atoms with van der Waals surface area (Å²) in [7, 11) is 1.78. The number of aryl methyl sites for hydroxylation is 2. The van der Waals surface area contributed by atoms with Crippen molar-refractivity contribution >= 4 is 0 Å². The predicted octanol–water partition coefficient (Wildman–Crippen LogP) is 3.85. The van der Waals surface area contributed by atoms with Gasteiger partial charge in [0.2, 0.25) is 0 Å². The first-order valence-electron chi connectivity index (χ1n) is 8.73. The Balaban J connectivity index is 1.88. The van der Waals surface area contributed by atoms with Gasteiger partial charge in [-0.3, -0.25) is 4.90 Å². The normalized spacial score (nSPS) is 15.5. The first kappa shape index (κ1) is 17.0. The molecule has 0 atom stereocenters. The predicted molar refractivity (Wildman–Crippen MR) is 98.9 cm³/mol. The molecule has 1 heterocycles. The smallest absolute Gasteiger partial charge is 0.129 e. The van der Waals surface area contributed by atoms with Crippen molar-refractivity contribution in [2.45, 2.75) is 20.3 Å². The SMILES string of the molecule is COc1c(CCN2CCOCC2)cccc1-c1c(C)cccc1C. The van der Waals surface area contributed by atoms with Gasteiger partial charge in [-0.15, -0.1) is 0 Å². The van der Waals surface area contributed by atoms with Gasteiger partial charge in [0.1, 0.15) is 5.75 Å². The van der Waals surface area contributed by atoms with Gasteiger partial charge < -0.3 is 9.47 Å². The standard InChI is InChI=1S/C21H27NO2/c1-16-6-4-7-17(2)20(16)19-9-5-8-18(21(19)23-3)10-11-22-12-14-24-15-13-22/h4-9H,10-15H2,1-3H3. The molecule has 2 aromatic carbocycles. The monoisotopic (exact) mass is 325 g/mol. The van der Waals surface area contributed by atoms with Crippen LogP contribution in [0.3, 0.4) is 0 Å². The Morgan fingerprint density at radius 2 is 1.67 bits per heavy atom. The molecule has 1 saturated heterocycles. The molecule has 3 heteroatoms. The second kappa shape index (κ2) is 7.82. The van der Waals surface area contributed by atoms with Crippen molar-refractivity contribution in [3.63, 3.8) is 0 Å². The number of hydrogen-bond donors (Lipinski definition) is 0. The third kappa shape index (κ3) is 3.63. The lowest BCUT2D eigenvalue weighted by molar-refractivity contribution is 0.0384. The molecule has 0 aliphatic carbocycles. The molecule has 128 valence electrons. The Hall–Kier alpha value is -1.84. The minimum Gasteiger partial charge on any atom is -0.496 e. The fourth-order valence-electron chi connectivity index (χ4n) is 3.56. The molecule has 0 unspecified atom stereocenters. The molecule has 24 heavy (non-hydrogen) atoms. The second-order valence-electron chi connectivity index (χ2n) is 6.47. The Morgan fingerprint density at radius 3 is 2.33 bits per heavy atom. The van der Waals surface area contributed by atoms with Gasteiger partial charge in [0.05, 0.1) is 20.3 Å². The van der Waals surface area contributed by atoms with E-state index in [1.807, 2.05) is 0 Å². The summed E-state index contributed by atoms with van der Waals surface area (Å²) in [4.78, 5) is 2.47. The van der Waals surface area contributed by atoms with Gasteiger partial charge in [-0.2, -0.15) is 0 Å². The number of methoxy groups -OCH3 is 1. The molecule has 3 nitrogen and oxygen atoms in total. The minimum absolute atomic E-state index is 0.847. The summed E-state index contributed by atoms with van der Waals surface area (Å²) < 4.78 is 11.3. The average molecular weight is 325 g/mol. The first-order valence-corrected chi connectivity index (χ1v) is 8.73. The molecule has 2 aromatic rings. The van der Waals surface area contributed by atoms with E-state index in [1.54, 1.807) is 7.11 Å². The molecule has 0 amide bonds. The fraction of sp³-hybridized carbons (Fsp3) is 0.429. The third-order valence-corrected chi connectivity index (χ3v) is 4.85. The Morgan fingerprint density at radius 1 is 1.00 bits per heavy atom. The zero-order chi connectivity index (χ0) is 16.9. The van der Waals surface area contributed by atoms with Crippen molar-refractivity contribution < 1.29 is 9.47 Å². The van der Waals surface area contributed by atoms with Crippen molar-refractivity contribution in [2.75, 3.05) is 40.0 Å². The summed E-state index contributed by atoms with van der Waals surface area (Å²) in [5.74, 6) is 1.02. The number of benzene rings is 2. The van der Waals surface area contributed by atoms with Gasteiger partial charge in [-0.25, -0.2) is 0 Å². The molecule has 1 fully saturated rings. The lowest BCUT2D eigenvalue weighted by atomic mass is 9.93. The molecule has 0 N–H and O–H groups in total. The summed E-state index contributed by atoms with van der Waals surface area (Å²) in [6.45, 7) is 9.14. The minimum atomic E-state index is 0.847. The maximum absolute atomic E-state index is 5.84. The van der Waals surface area contributed by atoms with Crippen LogP contribution in [0.1, 0.15) is 16.7 Å². The van der Waals surface area contributed by atoms with Crippen LogP contribution in [0.2, 0.25) is 0 Å². The van der Waals surface area contributed by atoms with Crippen molar-refractivity contribution in [3.8, 4) is 16.9 Å². The summed E-state index contributed by atoms with van der Waals surface area (Å²) in [5, 5.41) is 0. The van der Waals surface area contributed by atoms with Crippen LogP contribution >= 0.6 is 0 Å². The fourth-order valence-corrected chi connectivity index (χ4v) is 3.56. The molecular weight excluding hydrogens is 298 g/mol. The highest BCUT2D eigenvalue weighted by atomic mass is 16.5. The zero-order valence-corrected chi connectivity index (χ0v) is 15.0. The van der Waals surface area contributed by atoms with Crippen LogP contribution in [-0.2, 0) is 11.2 Å². The maximum atomic E-state index is 5.84. The quantitative estimate of drug-likeness (QED) is 0.833. The topological polar surface area (TPSA) is 21.7 Å². The van der Waals surface area contributed by atoms with Gasteiger partial charge in [0.15, 0.2) is 0 Å². The van der Waals surface area contributed by atoms with Crippen LogP contribution in [0.5, 0.6) is 5.75 Å². The molecule has 0 saturated carbocycles. The van der Waals surface area contributed by atoms with Gasteiger partial charge in [-0.05, 0) is 42.5 Å². The van der Waals surface area contributed by atoms with Crippen molar-refractivity contribution in [1.82, 2.24) is 4.90 Å². The highest BCUT2D eigenvalue weighted by Gasteiger charge is 2.16. The zero-order valence-electron chi connectivity index (χ0n) is 15.0. The highest BCUT2D eigenvalue weighted by Crippen LogP contribution is 2.37. The van der Waals surface area contributed by atoms with Crippen molar-refractivity contribution in [1.29, 1.82) is 0 Å².